The molecule has 10 nitrogen and oxygen atoms in total. The quantitative estimate of drug-likeness (QED) is 0.378. The molecular formula is C26H20N2O8S. The summed E-state index contributed by atoms with van der Waals surface area (Å²) >= 11 is 0.650. The number of aryl methyl sites for hydroxylation is 2. The maximum atomic E-state index is 12.8. The van der Waals surface area contributed by atoms with Crippen molar-refractivity contribution in [1.82, 2.24) is 4.90 Å². The van der Waals surface area contributed by atoms with Gasteiger partial charge in [-0.1, -0.05) is 6.07 Å². The molecule has 11 heteroatoms. The molecule has 3 N–H and O–H groups in total. The van der Waals surface area contributed by atoms with Crippen LogP contribution in [0.15, 0.2) is 57.9 Å². The molecule has 3 amide bonds. The Balaban J connectivity index is 1.50. The lowest BCUT2D eigenvalue weighted by Gasteiger charge is -2.13. The molecule has 0 radical (unpaired) electrons. The van der Waals surface area contributed by atoms with E-state index < -0.39 is 35.5 Å². The highest BCUT2D eigenvalue weighted by Gasteiger charge is 2.36. The molecule has 3 aromatic rings. The average molecular weight is 521 g/mol. The van der Waals surface area contributed by atoms with Gasteiger partial charge in [0, 0.05) is 17.3 Å². The van der Waals surface area contributed by atoms with Crippen LogP contribution in [0.4, 0.5) is 10.5 Å². The number of benzene rings is 2. The molecule has 2 aromatic carbocycles. The number of anilines is 1. The number of carboxylic acids is 2. The highest BCUT2D eigenvalue weighted by molar-refractivity contribution is 8.18. The van der Waals surface area contributed by atoms with Gasteiger partial charge in [0.15, 0.2) is 0 Å². The monoisotopic (exact) mass is 520 g/mol. The summed E-state index contributed by atoms with van der Waals surface area (Å²) in [7, 11) is 0. The van der Waals surface area contributed by atoms with Gasteiger partial charge >= 0.3 is 11.9 Å². The Morgan fingerprint density at radius 3 is 2.24 bits per heavy atom. The zero-order valence-electron chi connectivity index (χ0n) is 19.6. The molecule has 37 heavy (non-hydrogen) atoms. The zero-order chi connectivity index (χ0) is 26.9. The van der Waals surface area contributed by atoms with Crippen LogP contribution in [0.5, 0.6) is 0 Å². The second-order valence-corrected chi connectivity index (χ2v) is 9.22. The average Bonchev–Trinajstić information content (AvgIpc) is 3.41. The Morgan fingerprint density at radius 1 is 0.946 bits per heavy atom. The van der Waals surface area contributed by atoms with Gasteiger partial charge in [-0.2, -0.15) is 0 Å². The molecule has 1 aliphatic heterocycles. The van der Waals surface area contributed by atoms with E-state index in [1.807, 2.05) is 19.9 Å². The number of rotatable bonds is 7. The number of aromatic carboxylic acids is 2. The third-order valence-electron chi connectivity index (χ3n) is 5.58. The van der Waals surface area contributed by atoms with Gasteiger partial charge in [-0.3, -0.25) is 19.3 Å². The van der Waals surface area contributed by atoms with Crippen molar-refractivity contribution in [3.8, 4) is 11.3 Å². The molecule has 0 bridgehead atoms. The van der Waals surface area contributed by atoms with Gasteiger partial charge in [-0.25, -0.2) is 9.59 Å². The number of hydrogen-bond donors (Lipinski definition) is 3. The SMILES string of the molecule is Cc1ccc(NC(=O)CN2C(=O)S/C(=C/c3ccc(-c4cc(C(=O)O)cc(C(=O)O)c4)o3)C2=O)cc1C. The second-order valence-electron chi connectivity index (χ2n) is 8.23. The van der Waals surface area contributed by atoms with E-state index in [1.165, 1.54) is 30.3 Å². The van der Waals surface area contributed by atoms with Crippen LogP contribution in [0.25, 0.3) is 17.4 Å². The van der Waals surface area contributed by atoms with Crippen molar-refractivity contribution < 1.29 is 38.6 Å². The first-order chi connectivity index (χ1) is 17.5. The van der Waals surface area contributed by atoms with E-state index in [4.69, 9.17) is 4.42 Å². The van der Waals surface area contributed by atoms with Gasteiger partial charge in [0.25, 0.3) is 11.1 Å². The predicted octanol–water partition coefficient (Wildman–Crippen LogP) is 4.63. The number of furan rings is 1. The minimum absolute atomic E-state index is 0.0374. The number of amides is 3. The van der Waals surface area contributed by atoms with Crippen molar-refractivity contribution in [2.45, 2.75) is 13.8 Å². The van der Waals surface area contributed by atoms with Crippen molar-refractivity contribution in [3.05, 3.63) is 81.5 Å². The van der Waals surface area contributed by atoms with Crippen LogP contribution in [0.2, 0.25) is 0 Å². The molecule has 1 saturated heterocycles. The molecule has 0 spiro atoms. The standard InChI is InChI=1S/C26H20N2O8S/c1-13-3-4-18(7-14(13)2)27-22(29)12-28-23(30)21(37-26(28)35)11-19-5-6-20(36-19)15-8-16(24(31)32)10-17(9-15)25(33)34/h3-11H,12H2,1-2H3,(H,27,29)(H,31,32)(H,33,34)/b21-11+. The maximum Gasteiger partial charge on any atom is 0.335 e. The largest absolute Gasteiger partial charge is 0.478 e. The number of carbonyl (C=O) groups is 5. The summed E-state index contributed by atoms with van der Waals surface area (Å²) in [6.07, 6.45) is 1.33. The lowest BCUT2D eigenvalue weighted by molar-refractivity contribution is -0.127. The molecule has 0 unspecified atom stereocenters. The Morgan fingerprint density at radius 2 is 1.62 bits per heavy atom. The molecule has 188 valence electrons. The van der Waals surface area contributed by atoms with Gasteiger partial charge in [0.2, 0.25) is 5.91 Å². The Kier molecular flexibility index (Phi) is 6.98. The molecule has 1 aliphatic rings. The summed E-state index contributed by atoms with van der Waals surface area (Å²) in [4.78, 5) is 61.2. The van der Waals surface area contributed by atoms with Crippen molar-refractivity contribution in [3.63, 3.8) is 0 Å². The highest BCUT2D eigenvalue weighted by Crippen LogP contribution is 2.33. The van der Waals surface area contributed by atoms with Crippen molar-refractivity contribution >= 4 is 52.5 Å². The summed E-state index contributed by atoms with van der Waals surface area (Å²) in [6, 6.07) is 11.9. The Hall–Kier alpha value is -4.64. The number of thioether (sulfide) groups is 1. The lowest BCUT2D eigenvalue weighted by Crippen LogP contribution is -2.36. The fourth-order valence-electron chi connectivity index (χ4n) is 3.53. The summed E-state index contributed by atoms with van der Waals surface area (Å²) < 4.78 is 5.66. The third kappa shape index (κ3) is 5.62. The van der Waals surface area contributed by atoms with E-state index >= 15 is 0 Å². The molecule has 0 atom stereocenters. The summed E-state index contributed by atoms with van der Waals surface area (Å²) in [5, 5.41) is 20.6. The van der Waals surface area contributed by atoms with E-state index in [9.17, 15) is 34.2 Å². The number of imide groups is 1. The predicted molar refractivity (Wildman–Crippen MR) is 135 cm³/mol. The van der Waals surface area contributed by atoms with Gasteiger partial charge in [-0.15, -0.1) is 0 Å². The minimum atomic E-state index is -1.30. The summed E-state index contributed by atoms with van der Waals surface area (Å²) in [5.41, 5.74) is 2.36. The first kappa shape index (κ1) is 25.5. The Bertz CT molecular complexity index is 1470. The molecule has 4 rings (SSSR count). The smallest absolute Gasteiger partial charge is 0.335 e. The zero-order valence-corrected chi connectivity index (χ0v) is 20.4. The van der Waals surface area contributed by atoms with Gasteiger partial charge < -0.3 is 19.9 Å². The fraction of sp³-hybridized carbons (Fsp3) is 0.115. The maximum absolute atomic E-state index is 12.8. The number of nitrogens with one attached hydrogen (secondary N) is 1. The number of nitrogens with zero attached hydrogens (tertiary/aromatic N) is 1. The Labute approximate surface area is 214 Å². The van der Waals surface area contributed by atoms with Crippen LogP contribution in [-0.4, -0.2) is 50.6 Å². The second kappa shape index (κ2) is 10.2. The first-order valence-corrected chi connectivity index (χ1v) is 11.7. The minimum Gasteiger partial charge on any atom is -0.478 e. The van der Waals surface area contributed by atoms with Crippen molar-refractivity contribution in [2.24, 2.45) is 0 Å². The molecule has 0 saturated carbocycles. The van der Waals surface area contributed by atoms with Gasteiger partial charge in [-0.05, 0) is 79.2 Å². The van der Waals surface area contributed by atoms with Gasteiger partial charge in [0.05, 0.1) is 16.0 Å². The molecule has 0 aliphatic carbocycles. The van der Waals surface area contributed by atoms with Crippen LogP contribution < -0.4 is 5.32 Å². The van der Waals surface area contributed by atoms with E-state index in [1.54, 1.807) is 12.1 Å². The van der Waals surface area contributed by atoms with Crippen molar-refractivity contribution in [2.75, 3.05) is 11.9 Å². The number of carboxylic acid groups (broad SMARTS) is 2. The molecular weight excluding hydrogens is 500 g/mol. The molecule has 1 fully saturated rings. The van der Waals surface area contributed by atoms with Crippen LogP contribution in [0.3, 0.4) is 0 Å². The van der Waals surface area contributed by atoms with Crippen LogP contribution in [0.1, 0.15) is 37.6 Å². The normalized spacial score (nSPS) is 14.3. The highest BCUT2D eigenvalue weighted by atomic mass is 32.2. The fourth-order valence-corrected chi connectivity index (χ4v) is 4.35. The van der Waals surface area contributed by atoms with Crippen LogP contribution in [0, 0.1) is 13.8 Å². The van der Waals surface area contributed by atoms with E-state index in [0.29, 0.717) is 17.4 Å². The first-order valence-electron chi connectivity index (χ1n) is 10.9. The number of hydrogen-bond acceptors (Lipinski definition) is 7. The van der Waals surface area contributed by atoms with Crippen LogP contribution >= 0.6 is 11.8 Å². The summed E-state index contributed by atoms with van der Waals surface area (Å²) in [5.74, 6) is -3.44. The van der Waals surface area contributed by atoms with E-state index in [0.717, 1.165) is 22.1 Å². The summed E-state index contributed by atoms with van der Waals surface area (Å²) in [6.45, 7) is 3.38. The molecule has 1 aromatic heterocycles. The van der Waals surface area contributed by atoms with E-state index in [-0.39, 0.29) is 33.1 Å². The number of carbonyl (C=O) groups excluding carboxylic acids is 3. The molecule has 2 heterocycles. The van der Waals surface area contributed by atoms with Gasteiger partial charge in [0.1, 0.15) is 18.1 Å². The van der Waals surface area contributed by atoms with Crippen molar-refractivity contribution in [1.29, 1.82) is 0 Å². The van der Waals surface area contributed by atoms with Crippen LogP contribution in [-0.2, 0) is 9.59 Å². The van der Waals surface area contributed by atoms with E-state index in [2.05, 4.69) is 5.32 Å². The topological polar surface area (TPSA) is 154 Å². The third-order valence-corrected chi connectivity index (χ3v) is 6.48. The lowest BCUT2D eigenvalue weighted by atomic mass is 10.0.